The number of rotatable bonds is 3. The van der Waals surface area contributed by atoms with Gasteiger partial charge in [-0.1, -0.05) is 0 Å². The van der Waals surface area contributed by atoms with Gasteiger partial charge in [-0.05, 0) is 26.0 Å². The summed E-state index contributed by atoms with van der Waals surface area (Å²) in [6.45, 7) is 4.84. The van der Waals surface area contributed by atoms with Gasteiger partial charge in [0.05, 0.1) is 6.54 Å². The van der Waals surface area contributed by atoms with E-state index in [2.05, 4.69) is 5.32 Å². The number of piperazine rings is 1. The molecule has 1 amide bonds. The molecule has 2 unspecified atom stereocenters. The second kappa shape index (κ2) is 5.69. The van der Waals surface area contributed by atoms with Gasteiger partial charge in [-0.15, -0.1) is 0 Å². The van der Waals surface area contributed by atoms with E-state index < -0.39 is 13.0 Å². The highest BCUT2D eigenvalue weighted by Crippen LogP contribution is 2.14. The lowest BCUT2D eigenvalue weighted by Gasteiger charge is -2.37. The number of carbonyl (C=O) groups is 1. The molecule has 1 aliphatic heterocycles. The first-order chi connectivity index (χ1) is 8.99. The first-order valence-corrected chi connectivity index (χ1v) is 6.46. The fraction of sp³-hybridized carbons (Fsp3) is 0.615. The second-order valence-electron chi connectivity index (χ2n) is 5.05. The first-order valence-electron chi connectivity index (χ1n) is 6.46. The fourth-order valence-corrected chi connectivity index (χ4v) is 2.37. The zero-order valence-corrected chi connectivity index (χ0v) is 11.1. The third-order valence-corrected chi connectivity index (χ3v) is 3.41. The predicted octanol–water partition coefficient (Wildman–Crippen LogP) is 1.58. The van der Waals surface area contributed by atoms with Gasteiger partial charge in [-0.2, -0.15) is 0 Å². The average molecular weight is 271 g/mol. The Morgan fingerprint density at radius 2 is 2.26 bits per heavy atom. The van der Waals surface area contributed by atoms with E-state index in [1.165, 1.54) is 10.8 Å². The molecule has 19 heavy (non-hydrogen) atoms. The zero-order chi connectivity index (χ0) is 14.0. The van der Waals surface area contributed by atoms with E-state index in [9.17, 15) is 13.6 Å². The van der Waals surface area contributed by atoms with Gasteiger partial charge in [0.1, 0.15) is 5.69 Å². The van der Waals surface area contributed by atoms with E-state index in [0.29, 0.717) is 12.2 Å². The van der Waals surface area contributed by atoms with E-state index in [-0.39, 0.29) is 18.0 Å². The van der Waals surface area contributed by atoms with Crippen LogP contribution in [0.5, 0.6) is 0 Å². The minimum Gasteiger partial charge on any atom is -0.338 e. The Labute approximate surface area is 111 Å². The lowest BCUT2D eigenvalue weighted by Crippen LogP contribution is -2.56. The largest absolute Gasteiger partial charge is 0.338 e. The Bertz CT molecular complexity index is 447. The summed E-state index contributed by atoms with van der Waals surface area (Å²) in [5, 5.41) is 3.29. The van der Waals surface area contributed by atoms with E-state index in [1.807, 2.05) is 13.8 Å². The third-order valence-electron chi connectivity index (χ3n) is 3.41. The van der Waals surface area contributed by atoms with Crippen molar-refractivity contribution in [2.45, 2.75) is 38.9 Å². The van der Waals surface area contributed by atoms with Crippen LogP contribution in [-0.2, 0) is 6.54 Å². The van der Waals surface area contributed by atoms with Crippen LogP contribution in [0.2, 0.25) is 0 Å². The standard InChI is InChI=1S/C13H19F2N3O/c1-9-7-18(10(2)6-16-9)13(19)11-4-3-5-17(11)8-12(14)15/h3-5,9-10,12,16H,6-8H2,1-2H3. The number of carbonyl (C=O) groups excluding carboxylic acids is 1. The number of amides is 1. The molecule has 1 fully saturated rings. The highest BCUT2D eigenvalue weighted by molar-refractivity contribution is 5.93. The number of nitrogens with zero attached hydrogens (tertiary/aromatic N) is 2. The van der Waals surface area contributed by atoms with Gasteiger partial charge in [-0.3, -0.25) is 4.79 Å². The maximum Gasteiger partial charge on any atom is 0.270 e. The molecule has 1 saturated heterocycles. The summed E-state index contributed by atoms with van der Waals surface area (Å²) in [5.41, 5.74) is 0.334. The molecule has 0 aliphatic carbocycles. The van der Waals surface area contributed by atoms with Crippen LogP contribution < -0.4 is 5.32 Å². The molecule has 106 valence electrons. The van der Waals surface area contributed by atoms with Gasteiger partial charge >= 0.3 is 0 Å². The molecule has 2 rings (SSSR count). The molecule has 0 saturated carbocycles. The Kier molecular flexibility index (Phi) is 4.19. The summed E-state index contributed by atoms with van der Waals surface area (Å²) in [6, 6.07) is 3.52. The van der Waals surface area contributed by atoms with Crippen LogP contribution in [-0.4, -0.2) is 47.0 Å². The lowest BCUT2D eigenvalue weighted by molar-refractivity contribution is 0.0597. The summed E-state index contributed by atoms with van der Waals surface area (Å²) in [6.07, 6.45) is -0.936. The van der Waals surface area contributed by atoms with Crippen molar-refractivity contribution in [3.8, 4) is 0 Å². The predicted molar refractivity (Wildman–Crippen MR) is 68.4 cm³/mol. The van der Waals surface area contributed by atoms with Gasteiger partial charge in [0.2, 0.25) is 0 Å². The summed E-state index contributed by atoms with van der Waals surface area (Å²) < 4.78 is 26.3. The van der Waals surface area contributed by atoms with E-state index in [0.717, 1.165) is 6.54 Å². The monoisotopic (exact) mass is 271 g/mol. The maximum atomic E-state index is 12.5. The van der Waals surface area contributed by atoms with E-state index in [1.54, 1.807) is 17.0 Å². The SMILES string of the molecule is CC1CN(C(=O)c2cccn2CC(F)F)C(C)CN1. The van der Waals surface area contributed by atoms with Crippen molar-refractivity contribution >= 4 is 5.91 Å². The average Bonchev–Trinajstić information content (AvgIpc) is 2.78. The molecule has 2 atom stereocenters. The van der Waals surface area contributed by atoms with Crippen LogP contribution in [0.25, 0.3) is 0 Å². The second-order valence-corrected chi connectivity index (χ2v) is 5.05. The Morgan fingerprint density at radius 3 is 2.95 bits per heavy atom. The van der Waals surface area contributed by atoms with Crippen molar-refractivity contribution in [1.82, 2.24) is 14.8 Å². The Morgan fingerprint density at radius 1 is 1.53 bits per heavy atom. The quantitative estimate of drug-likeness (QED) is 0.906. The molecular weight excluding hydrogens is 252 g/mol. The summed E-state index contributed by atoms with van der Waals surface area (Å²) >= 11 is 0. The van der Waals surface area contributed by atoms with Crippen molar-refractivity contribution in [2.75, 3.05) is 13.1 Å². The normalized spacial score (nSPS) is 23.9. The first kappa shape index (κ1) is 14.0. The molecule has 0 radical (unpaired) electrons. The van der Waals surface area contributed by atoms with Crippen LogP contribution in [0.4, 0.5) is 8.78 Å². The zero-order valence-electron chi connectivity index (χ0n) is 11.1. The van der Waals surface area contributed by atoms with E-state index in [4.69, 9.17) is 0 Å². The van der Waals surface area contributed by atoms with Gasteiger partial charge in [0, 0.05) is 31.4 Å². The van der Waals surface area contributed by atoms with Gasteiger partial charge < -0.3 is 14.8 Å². The highest BCUT2D eigenvalue weighted by Gasteiger charge is 2.28. The maximum absolute atomic E-state index is 12.5. The van der Waals surface area contributed by atoms with Gasteiger partial charge in [0.25, 0.3) is 12.3 Å². The molecule has 1 N–H and O–H groups in total. The minimum atomic E-state index is -2.46. The van der Waals surface area contributed by atoms with Crippen LogP contribution in [0, 0.1) is 0 Å². The van der Waals surface area contributed by atoms with E-state index >= 15 is 0 Å². The topological polar surface area (TPSA) is 37.3 Å². The third kappa shape index (κ3) is 3.12. The highest BCUT2D eigenvalue weighted by atomic mass is 19.3. The van der Waals surface area contributed by atoms with Crippen LogP contribution in [0.3, 0.4) is 0 Å². The number of halogens is 2. The Hall–Kier alpha value is -1.43. The summed E-state index contributed by atoms with van der Waals surface area (Å²) in [7, 11) is 0. The molecule has 1 aromatic heterocycles. The molecule has 2 heterocycles. The minimum absolute atomic E-state index is 0.0681. The molecule has 0 bridgehead atoms. The van der Waals surface area contributed by atoms with Crippen molar-refractivity contribution in [3.63, 3.8) is 0 Å². The number of nitrogens with one attached hydrogen (secondary N) is 1. The van der Waals surface area contributed by atoms with Crippen molar-refractivity contribution in [2.24, 2.45) is 0 Å². The van der Waals surface area contributed by atoms with Crippen LogP contribution in [0.15, 0.2) is 18.3 Å². The molecule has 0 aromatic carbocycles. The molecule has 0 spiro atoms. The fourth-order valence-electron chi connectivity index (χ4n) is 2.37. The number of hydrogen-bond donors (Lipinski definition) is 1. The number of alkyl halides is 2. The molecule has 4 nitrogen and oxygen atoms in total. The van der Waals surface area contributed by atoms with Crippen molar-refractivity contribution in [3.05, 3.63) is 24.0 Å². The van der Waals surface area contributed by atoms with Gasteiger partial charge in [-0.25, -0.2) is 8.78 Å². The molecule has 1 aromatic rings. The summed E-state index contributed by atoms with van der Waals surface area (Å²) in [5.74, 6) is -0.175. The molecule has 1 aliphatic rings. The van der Waals surface area contributed by atoms with Crippen molar-refractivity contribution in [1.29, 1.82) is 0 Å². The number of hydrogen-bond acceptors (Lipinski definition) is 2. The number of aromatic nitrogens is 1. The van der Waals surface area contributed by atoms with Crippen LogP contribution in [0.1, 0.15) is 24.3 Å². The summed E-state index contributed by atoms with van der Waals surface area (Å²) in [4.78, 5) is 14.2. The lowest BCUT2D eigenvalue weighted by atomic mass is 10.1. The van der Waals surface area contributed by atoms with Crippen LogP contribution >= 0.6 is 0 Å². The molecular formula is C13H19F2N3O. The van der Waals surface area contributed by atoms with Crippen molar-refractivity contribution < 1.29 is 13.6 Å². The molecule has 6 heteroatoms. The smallest absolute Gasteiger partial charge is 0.270 e. The van der Waals surface area contributed by atoms with Gasteiger partial charge in [0.15, 0.2) is 0 Å². The Balaban J connectivity index is 2.16.